The molecule has 0 amide bonds. The quantitative estimate of drug-likeness (QED) is 0.644. The highest BCUT2D eigenvalue weighted by Crippen LogP contribution is 2.20. The van der Waals surface area contributed by atoms with Gasteiger partial charge in [0.05, 0.1) is 18.8 Å². The van der Waals surface area contributed by atoms with Gasteiger partial charge in [0.1, 0.15) is 0 Å². The molecule has 0 atom stereocenters. The fourth-order valence-electron chi connectivity index (χ4n) is 1.01. The Balaban J connectivity index is 2.04. The van der Waals surface area contributed by atoms with E-state index in [1.165, 1.54) is 0 Å². The number of hydrogen-bond donors (Lipinski definition) is 1. The lowest BCUT2D eigenvalue weighted by Crippen LogP contribution is -2.30. The molecule has 1 fully saturated rings. The maximum Gasteiger partial charge on any atom is 0.0591 e. The van der Waals surface area contributed by atoms with Crippen LogP contribution >= 0.6 is 0 Å². The Labute approximate surface area is 62.2 Å². The molecule has 1 aliphatic heterocycles. The summed E-state index contributed by atoms with van der Waals surface area (Å²) in [4.78, 5) is 0. The van der Waals surface area contributed by atoms with Gasteiger partial charge in [-0.15, -0.1) is 0 Å². The molecule has 1 rings (SSSR count). The zero-order valence-corrected chi connectivity index (χ0v) is 6.76. The van der Waals surface area contributed by atoms with Gasteiger partial charge in [-0.25, -0.2) is 0 Å². The Morgan fingerprint density at radius 3 is 2.40 bits per heavy atom. The van der Waals surface area contributed by atoms with Gasteiger partial charge >= 0.3 is 0 Å². The summed E-state index contributed by atoms with van der Waals surface area (Å²) < 4.78 is 5.02. The standard InChI is InChI=1S/C8H16O2/c1-8(2,9)4-3-7-5-10-6-7/h7,9H,3-6H2,1-2H3. The number of aliphatic hydroxyl groups is 1. The Morgan fingerprint density at radius 2 is 2.10 bits per heavy atom. The van der Waals surface area contributed by atoms with Crippen molar-refractivity contribution in [3.8, 4) is 0 Å². The van der Waals surface area contributed by atoms with Crippen LogP contribution in [-0.2, 0) is 4.74 Å². The average Bonchev–Trinajstić information content (AvgIpc) is 1.56. The van der Waals surface area contributed by atoms with E-state index >= 15 is 0 Å². The molecule has 2 heteroatoms. The molecule has 0 aromatic heterocycles. The van der Waals surface area contributed by atoms with E-state index in [-0.39, 0.29) is 0 Å². The van der Waals surface area contributed by atoms with E-state index in [2.05, 4.69) is 0 Å². The highest BCUT2D eigenvalue weighted by Gasteiger charge is 2.21. The molecule has 1 N–H and O–H groups in total. The lowest BCUT2D eigenvalue weighted by molar-refractivity contribution is -0.0467. The maximum atomic E-state index is 9.35. The average molecular weight is 144 g/mol. The first-order chi connectivity index (χ1) is 4.58. The van der Waals surface area contributed by atoms with Crippen LogP contribution in [0, 0.1) is 5.92 Å². The van der Waals surface area contributed by atoms with Crippen LogP contribution in [0.25, 0.3) is 0 Å². The molecule has 10 heavy (non-hydrogen) atoms. The van der Waals surface area contributed by atoms with Crippen LogP contribution in [0.5, 0.6) is 0 Å². The van der Waals surface area contributed by atoms with Crippen molar-refractivity contribution in [3.63, 3.8) is 0 Å². The third-order valence-electron chi connectivity index (χ3n) is 1.87. The predicted molar refractivity (Wildman–Crippen MR) is 39.8 cm³/mol. The SMILES string of the molecule is CC(C)(O)CCC1COC1. The van der Waals surface area contributed by atoms with E-state index < -0.39 is 5.60 Å². The Bertz CT molecular complexity index is 100. The molecule has 1 saturated heterocycles. The summed E-state index contributed by atoms with van der Waals surface area (Å²) in [6, 6.07) is 0. The zero-order chi connectivity index (χ0) is 7.61. The second-order valence-corrected chi connectivity index (χ2v) is 3.75. The second kappa shape index (κ2) is 2.89. The topological polar surface area (TPSA) is 29.5 Å². The fourth-order valence-corrected chi connectivity index (χ4v) is 1.01. The van der Waals surface area contributed by atoms with E-state index in [1.807, 2.05) is 13.8 Å². The summed E-state index contributed by atoms with van der Waals surface area (Å²) in [5.41, 5.74) is -0.490. The molecule has 0 spiro atoms. The minimum absolute atomic E-state index is 0.490. The molecular weight excluding hydrogens is 128 g/mol. The smallest absolute Gasteiger partial charge is 0.0591 e. The highest BCUT2D eigenvalue weighted by molar-refractivity contribution is 4.71. The van der Waals surface area contributed by atoms with Crippen molar-refractivity contribution in [1.29, 1.82) is 0 Å². The van der Waals surface area contributed by atoms with E-state index in [1.54, 1.807) is 0 Å². The van der Waals surface area contributed by atoms with Crippen molar-refractivity contribution in [3.05, 3.63) is 0 Å². The minimum Gasteiger partial charge on any atom is -0.390 e. The maximum absolute atomic E-state index is 9.35. The van der Waals surface area contributed by atoms with Gasteiger partial charge in [-0.3, -0.25) is 0 Å². The van der Waals surface area contributed by atoms with Gasteiger partial charge < -0.3 is 9.84 Å². The van der Waals surface area contributed by atoms with Gasteiger partial charge in [-0.05, 0) is 26.7 Å². The molecule has 0 bridgehead atoms. The van der Waals surface area contributed by atoms with Crippen LogP contribution in [0.2, 0.25) is 0 Å². The van der Waals surface area contributed by atoms with Gasteiger partial charge in [0.15, 0.2) is 0 Å². The molecule has 0 unspecified atom stereocenters. The van der Waals surface area contributed by atoms with Crippen molar-refractivity contribution in [1.82, 2.24) is 0 Å². The Kier molecular flexibility index (Phi) is 2.32. The van der Waals surface area contributed by atoms with E-state index in [9.17, 15) is 5.11 Å². The van der Waals surface area contributed by atoms with E-state index in [0.717, 1.165) is 26.1 Å². The van der Waals surface area contributed by atoms with E-state index in [4.69, 9.17) is 4.74 Å². The van der Waals surface area contributed by atoms with Crippen molar-refractivity contribution in [2.24, 2.45) is 5.92 Å². The second-order valence-electron chi connectivity index (χ2n) is 3.75. The number of hydrogen-bond acceptors (Lipinski definition) is 2. The normalized spacial score (nSPS) is 20.7. The molecule has 60 valence electrons. The minimum atomic E-state index is -0.490. The summed E-state index contributed by atoms with van der Waals surface area (Å²) >= 11 is 0. The van der Waals surface area contributed by atoms with Crippen molar-refractivity contribution in [2.75, 3.05) is 13.2 Å². The summed E-state index contributed by atoms with van der Waals surface area (Å²) in [5.74, 6) is 0.714. The molecule has 1 aliphatic rings. The van der Waals surface area contributed by atoms with Gasteiger partial charge in [-0.2, -0.15) is 0 Å². The summed E-state index contributed by atoms with van der Waals surface area (Å²) in [7, 11) is 0. The van der Waals surface area contributed by atoms with Crippen molar-refractivity contribution in [2.45, 2.75) is 32.3 Å². The lowest BCUT2D eigenvalue weighted by Gasteiger charge is -2.28. The molecule has 0 saturated carbocycles. The van der Waals surface area contributed by atoms with Crippen molar-refractivity contribution >= 4 is 0 Å². The van der Waals surface area contributed by atoms with Crippen LogP contribution in [0.15, 0.2) is 0 Å². The number of rotatable bonds is 3. The summed E-state index contributed by atoms with van der Waals surface area (Å²) in [6.07, 6.45) is 1.99. The third-order valence-corrected chi connectivity index (χ3v) is 1.87. The fraction of sp³-hybridized carbons (Fsp3) is 1.00. The van der Waals surface area contributed by atoms with Crippen LogP contribution in [0.3, 0.4) is 0 Å². The molecule has 0 aromatic rings. The zero-order valence-electron chi connectivity index (χ0n) is 6.76. The molecule has 2 nitrogen and oxygen atoms in total. The van der Waals surface area contributed by atoms with Crippen LogP contribution in [-0.4, -0.2) is 23.9 Å². The Hall–Kier alpha value is -0.0800. The summed E-state index contributed by atoms with van der Waals surface area (Å²) in [5, 5.41) is 9.35. The lowest BCUT2D eigenvalue weighted by atomic mass is 9.94. The van der Waals surface area contributed by atoms with Gasteiger partial charge in [0.25, 0.3) is 0 Å². The van der Waals surface area contributed by atoms with Gasteiger partial charge in [-0.1, -0.05) is 0 Å². The highest BCUT2D eigenvalue weighted by atomic mass is 16.5. The monoisotopic (exact) mass is 144 g/mol. The molecular formula is C8H16O2. The van der Waals surface area contributed by atoms with Crippen molar-refractivity contribution < 1.29 is 9.84 Å². The van der Waals surface area contributed by atoms with Crippen LogP contribution in [0.1, 0.15) is 26.7 Å². The third kappa shape index (κ3) is 2.67. The molecule has 0 radical (unpaired) electrons. The van der Waals surface area contributed by atoms with Gasteiger partial charge in [0, 0.05) is 5.92 Å². The largest absolute Gasteiger partial charge is 0.390 e. The number of ether oxygens (including phenoxy) is 1. The molecule has 0 aliphatic carbocycles. The molecule has 1 heterocycles. The first-order valence-corrected chi connectivity index (χ1v) is 3.88. The first-order valence-electron chi connectivity index (χ1n) is 3.88. The predicted octanol–water partition coefficient (Wildman–Crippen LogP) is 1.18. The van der Waals surface area contributed by atoms with Gasteiger partial charge in [0.2, 0.25) is 0 Å². The van der Waals surface area contributed by atoms with Crippen LogP contribution < -0.4 is 0 Å². The molecule has 0 aromatic carbocycles. The van der Waals surface area contributed by atoms with Crippen LogP contribution in [0.4, 0.5) is 0 Å². The first kappa shape index (κ1) is 8.02. The van der Waals surface area contributed by atoms with E-state index in [0.29, 0.717) is 5.92 Å². The summed E-state index contributed by atoms with van der Waals surface area (Å²) in [6.45, 7) is 5.51. The Morgan fingerprint density at radius 1 is 1.50 bits per heavy atom.